The first kappa shape index (κ1) is 19.8. The highest BCUT2D eigenvalue weighted by Crippen LogP contribution is 2.36. The van der Waals surface area contributed by atoms with Crippen LogP contribution in [-0.2, 0) is 11.0 Å². The third kappa shape index (κ3) is 5.43. The largest absolute Gasteiger partial charge is 0.416 e. The van der Waals surface area contributed by atoms with Gasteiger partial charge in [0.25, 0.3) is 0 Å². The molecule has 1 aromatic rings. The highest BCUT2D eigenvalue weighted by atomic mass is 19.4. The molecule has 0 aliphatic carbocycles. The minimum absolute atomic E-state index is 0.331. The number of rotatable bonds is 4. The summed E-state index contributed by atoms with van der Waals surface area (Å²) in [5, 5.41) is 4.91. The maximum Gasteiger partial charge on any atom is 0.416 e. The Morgan fingerprint density at radius 1 is 1.12 bits per heavy atom. The quantitative estimate of drug-likeness (QED) is 0.784. The lowest BCUT2D eigenvalue weighted by molar-refractivity contribution is -0.137. The van der Waals surface area contributed by atoms with Gasteiger partial charge >= 0.3 is 12.2 Å². The van der Waals surface area contributed by atoms with Crippen LogP contribution in [0.4, 0.5) is 18.0 Å². The number of urea groups is 1. The van der Waals surface area contributed by atoms with Gasteiger partial charge in [0.15, 0.2) is 0 Å². The number of carbonyl (C=O) groups is 2. The van der Waals surface area contributed by atoms with Gasteiger partial charge < -0.3 is 16.4 Å². The highest BCUT2D eigenvalue weighted by Gasteiger charge is 2.34. The van der Waals surface area contributed by atoms with Crippen molar-refractivity contribution >= 4 is 11.9 Å². The van der Waals surface area contributed by atoms with E-state index in [1.54, 1.807) is 20.8 Å². The number of amides is 3. The number of primary amides is 1. The Morgan fingerprint density at radius 3 is 2.17 bits per heavy atom. The Hall–Kier alpha value is -2.25. The van der Waals surface area contributed by atoms with E-state index in [1.165, 1.54) is 19.1 Å². The van der Waals surface area contributed by atoms with Crippen LogP contribution in [0.1, 0.15) is 44.9 Å². The molecule has 0 bridgehead atoms. The van der Waals surface area contributed by atoms with Crippen LogP contribution >= 0.6 is 0 Å². The molecule has 8 heteroatoms. The monoisotopic (exact) mass is 345 g/mol. The Balaban J connectivity index is 3.12. The molecule has 4 N–H and O–H groups in total. The summed E-state index contributed by atoms with van der Waals surface area (Å²) in [4.78, 5) is 23.0. The van der Waals surface area contributed by atoms with Gasteiger partial charge in [0.2, 0.25) is 5.91 Å². The van der Waals surface area contributed by atoms with Gasteiger partial charge in [0.1, 0.15) is 6.04 Å². The van der Waals surface area contributed by atoms with Gasteiger partial charge in [-0.1, -0.05) is 32.9 Å². The predicted molar refractivity (Wildman–Crippen MR) is 84.0 cm³/mol. The van der Waals surface area contributed by atoms with E-state index in [-0.39, 0.29) is 0 Å². The molecule has 0 aliphatic rings. The maximum absolute atomic E-state index is 12.9. The zero-order valence-electron chi connectivity index (χ0n) is 14.0. The number of hydrogen-bond acceptors (Lipinski definition) is 2. The zero-order chi connectivity index (χ0) is 18.7. The van der Waals surface area contributed by atoms with Crippen molar-refractivity contribution < 1.29 is 22.8 Å². The third-order valence-corrected chi connectivity index (χ3v) is 3.45. The Labute approximate surface area is 138 Å². The Morgan fingerprint density at radius 2 is 1.71 bits per heavy atom. The van der Waals surface area contributed by atoms with Crippen molar-refractivity contribution in [2.75, 3.05) is 0 Å². The SMILES string of the molecule is C[C@H](NC(N)=O)C(=O)N[C@H](c1cccc(C(F)(F)F)c1)C(C)(C)C. The van der Waals surface area contributed by atoms with Crippen molar-refractivity contribution in [1.29, 1.82) is 0 Å². The molecule has 1 rings (SSSR count). The summed E-state index contributed by atoms with van der Waals surface area (Å²) in [5.74, 6) is -0.536. The van der Waals surface area contributed by atoms with E-state index >= 15 is 0 Å². The van der Waals surface area contributed by atoms with E-state index in [1.807, 2.05) is 0 Å². The van der Waals surface area contributed by atoms with E-state index in [0.29, 0.717) is 5.56 Å². The van der Waals surface area contributed by atoms with Crippen molar-refractivity contribution in [3.8, 4) is 0 Å². The third-order valence-electron chi connectivity index (χ3n) is 3.45. The van der Waals surface area contributed by atoms with Crippen molar-refractivity contribution in [3.63, 3.8) is 0 Å². The van der Waals surface area contributed by atoms with Gasteiger partial charge in [-0.05, 0) is 30.0 Å². The summed E-state index contributed by atoms with van der Waals surface area (Å²) in [6.45, 7) is 6.82. The first-order chi connectivity index (χ1) is 10.8. The lowest BCUT2D eigenvalue weighted by Gasteiger charge is -2.33. The van der Waals surface area contributed by atoms with Crippen LogP contribution in [0.3, 0.4) is 0 Å². The summed E-state index contributed by atoms with van der Waals surface area (Å²) in [5.41, 5.74) is 3.97. The molecule has 0 unspecified atom stereocenters. The molecule has 0 spiro atoms. The number of halogens is 3. The van der Waals surface area contributed by atoms with Crippen LogP contribution in [0.5, 0.6) is 0 Å². The first-order valence-electron chi connectivity index (χ1n) is 7.36. The van der Waals surface area contributed by atoms with E-state index in [9.17, 15) is 22.8 Å². The van der Waals surface area contributed by atoms with Crippen LogP contribution in [0.2, 0.25) is 0 Å². The second-order valence-corrected chi connectivity index (χ2v) is 6.66. The lowest BCUT2D eigenvalue weighted by Crippen LogP contribution is -2.49. The first-order valence-corrected chi connectivity index (χ1v) is 7.36. The van der Waals surface area contributed by atoms with Gasteiger partial charge in [-0.15, -0.1) is 0 Å². The van der Waals surface area contributed by atoms with E-state index < -0.39 is 41.2 Å². The van der Waals surface area contributed by atoms with Crippen molar-refractivity contribution in [2.24, 2.45) is 11.1 Å². The fourth-order valence-electron chi connectivity index (χ4n) is 2.24. The predicted octanol–water partition coefficient (Wildman–Crippen LogP) is 2.97. The fourth-order valence-corrected chi connectivity index (χ4v) is 2.24. The van der Waals surface area contributed by atoms with Gasteiger partial charge in [0, 0.05) is 0 Å². The van der Waals surface area contributed by atoms with Crippen molar-refractivity contribution in [1.82, 2.24) is 10.6 Å². The summed E-state index contributed by atoms with van der Waals surface area (Å²) in [6.07, 6.45) is -4.47. The minimum Gasteiger partial charge on any atom is -0.352 e. The molecule has 0 aromatic heterocycles. The molecule has 0 saturated heterocycles. The molecular formula is C16H22F3N3O2. The molecule has 0 radical (unpaired) electrons. The van der Waals surface area contributed by atoms with Crippen molar-refractivity contribution in [2.45, 2.75) is 46.0 Å². The summed E-state index contributed by atoms with van der Waals surface area (Å²) < 4.78 is 38.7. The van der Waals surface area contributed by atoms with Gasteiger partial charge in [0.05, 0.1) is 11.6 Å². The van der Waals surface area contributed by atoms with Crippen LogP contribution in [0.25, 0.3) is 0 Å². The summed E-state index contributed by atoms with van der Waals surface area (Å²) in [6, 6.07) is 2.38. The van der Waals surface area contributed by atoms with E-state index in [0.717, 1.165) is 12.1 Å². The lowest BCUT2D eigenvalue weighted by atomic mass is 9.81. The number of hydrogen-bond donors (Lipinski definition) is 3. The summed E-state index contributed by atoms with van der Waals surface area (Å²) in [7, 11) is 0. The smallest absolute Gasteiger partial charge is 0.352 e. The van der Waals surface area contributed by atoms with E-state index in [2.05, 4.69) is 10.6 Å². The Kier molecular flexibility index (Phi) is 5.86. The van der Waals surface area contributed by atoms with Crippen molar-refractivity contribution in [3.05, 3.63) is 35.4 Å². The summed E-state index contributed by atoms with van der Waals surface area (Å²) >= 11 is 0. The number of carbonyl (C=O) groups excluding carboxylic acids is 2. The molecule has 2 atom stereocenters. The second-order valence-electron chi connectivity index (χ2n) is 6.66. The molecule has 5 nitrogen and oxygen atoms in total. The van der Waals surface area contributed by atoms with Crippen LogP contribution in [-0.4, -0.2) is 18.0 Å². The molecule has 3 amide bonds. The topological polar surface area (TPSA) is 84.2 Å². The number of nitrogens with two attached hydrogens (primary N) is 1. The second kappa shape index (κ2) is 7.11. The number of alkyl halides is 3. The van der Waals surface area contributed by atoms with E-state index in [4.69, 9.17) is 5.73 Å². The number of benzene rings is 1. The maximum atomic E-state index is 12.9. The normalized spacial score (nSPS) is 14.6. The molecule has 134 valence electrons. The average molecular weight is 345 g/mol. The molecular weight excluding hydrogens is 323 g/mol. The Bertz CT molecular complexity index is 609. The molecule has 0 saturated carbocycles. The van der Waals surface area contributed by atoms with Crippen LogP contribution in [0, 0.1) is 5.41 Å². The highest BCUT2D eigenvalue weighted by molar-refractivity contribution is 5.86. The molecule has 1 aromatic carbocycles. The molecule has 0 aliphatic heterocycles. The average Bonchev–Trinajstić information content (AvgIpc) is 2.41. The minimum atomic E-state index is -4.47. The van der Waals surface area contributed by atoms with Gasteiger partial charge in [-0.3, -0.25) is 4.79 Å². The van der Waals surface area contributed by atoms with Gasteiger partial charge in [-0.25, -0.2) is 4.79 Å². The zero-order valence-corrected chi connectivity index (χ0v) is 14.0. The fraction of sp³-hybridized carbons (Fsp3) is 0.500. The molecule has 0 heterocycles. The number of nitrogens with one attached hydrogen (secondary N) is 2. The standard InChI is InChI=1S/C16H22F3N3O2/c1-9(21-14(20)24)13(23)22-12(15(2,3)4)10-6-5-7-11(8-10)16(17,18)19/h5-9,12H,1-4H3,(H,22,23)(H3,20,21,24)/t9-,12+/m0/s1. The molecule has 0 fully saturated rings. The molecule has 24 heavy (non-hydrogen) atoms. The van der Waals surface area contributed by atoms with Gasteiger partial charge in [-0.2, -0.15) is 13.2 Å². The van der Waals surface area contributed by atoms with Crippen LogP contribution in [0.15, 0.2) is 24.3 Å². The van der Waals surface area contributed by atoms with Crippen LogP contribution < -0.4 is 16.4 Å².